The van der Waals surface area contributed by atoms with Gasteiger partial charge in [-0.25, -0.2) is 14.8 Å². The molecule has 2 heterocycles. The summed E-state index contributed by atoms with van der Waals surface area (Å²) < 4.78 is 0. The second kappa shape index (κ2) is 6.73. The number of anilines is 2. The molecular formula is C12H18N6O3. The van der Waals surface area contributed by atoms with Crippen molar-refractivity contribution in [1.29, 1.82) is 0 Å². The van der Waals surface area contributed by atoms with Crippen molar-refractivity contribution in [1.82, 2.24) is 14.9 Å². The van der Waals surface area contributed by atoms with Gasteiger partial charge in [-0.15, -0.1) is 0 Å². The monoisotopic (exact) mass is 294 g/mol. The first-order chi connectivity index (χ1) is 10.1. The summed E-state index contributed by atoms with van der Waals surface area (Å²) in [6, 6.07) is 0. The minimum atomic E-state index is -0.903. The number of aromatic nitrogens is 2. The number of nitrogen functional groups attached to an aromatic ring is 1. The van der Waals surface area contributed by atoms with Crippen LogP contribution in [0.15, 0.2) is 11.5 Å². The van der Waals surface area contributed by atoms with Crippen LogP contribution in [0.5, 0.6) is 0 Å². The summed E-state index contributed by atoms with van der Waals surface area (Å²) in [6.07, 6.45) is 2.66. The van der Waals surface area contributed by atoms with E-state index in [0.29, 0.717) is 43.4 Å². The molecule has 1 saturated heterocycles. The number of nitrogens with two attached hydrogens (primary N) is 1. The predicted molar refractivity (Wildman–Crippen MR) is 77.5 cm³/mol. The molecule has 2 rings (SSSR count). The number of carboxylic acid groups (broad SMARTS) is 1. The van der Waals surface area contributed by atoms with E-state index in [1.54, 1.807) is 0 Å². The van der Waals surface area contributed by atoms with Gasteiger partial charge in [0.25, 0.3) is 0 Å². The summed E-state index contributed by atoms with van der Waals surface area (Å²) in [5.74, 6) is 0.940. The molecule has 1 amide bonds. The Morgan fingerprint density at radius 1 is 1.43 bits per heavy atom. The molecule has 1 aromatic rings. The van der Waals surface area contributed by atoms with Crippen molar-refractivity contribution in [2.45, 2.75) is 6.42 Å². The van der Waals surface area contributed by atoms with Crippen LogP contribution in [0.4, 0.5) is 16.4 Å². The summed E-state index contributed by atoms with van der Waals surface area (Å²) >= 11 is 0. The maximum Gasteiger partial charge on any atom is 0.407 e. The summed E-state index contributed by atoms with van der Waals surface area (Å²) in [5.41, 5.74) is 6.43. The van der Waals surface area contributed by atoms with Crippen molar-refractivity contribution in [2.24, 2.45) is 5.16 Å². The van der Waals surface area contributed by atoms with E-state index in [0.717, 1.165) is 6.42 Å². The maximum atomic E-state index is 11.0. The minimum absolute atomic E-state index is 0.306. The van der Waals surface area contributed by atoms with Crippen molar-refractivity contribution in [3.05, 3.63) is 11.9 Å². The van der Waals surface area contributed by atoms with Crippen LogP contribution in [0, 0.1) is 0 Å². The number of hydrogen-bond acceptors (Lipinski definition) is 7. The normalized spacial score (nSPS) is 16.0. The first-order valence-corrected chi connectivity index (χ1v) is 6.53. The van der Waals surface area contributed by atoms with Gasteiger partial charge in [0.2, 0.25) is 0 Å². The molecule has 0 atom stereocenters. The molecule has 3 N–H and O–H groups in total. The number of carbonyl (C=O) groups is 1. The molecule has 1 aliphatic heterocycles. The Morgan fingerprint density at radius 2 is 2.24 bits per heavy atom. The molecule has 1 aromatic heterocycles. The van der Waals surface area contributed by atoms with Gasteiger partial charge < -0.3 is 25.5 Å². The van der Waals surface area contributed by atoms with E-state index in [1.165, 1.54) is 24.6 Å². The molecule has 9 nitrogen and oxygen atoms in total. The van der Waals surface area contributed by atoms with Crippen molar-refractivity contribution >= 4 is 23.9 Å². The largest absolute Gasteiger partial charge is 0.465 e. The standard InChI is InChI=1S/C12H18N6O3/c1-21-16-7-9-10(13)14-8-15-11(9)17-3-2-4-18(6-5-17)12(19)20/h7-8H,2-6H2,1H3,(H,19,20)(H2,13,14,15). The van der Waals surface area contributed by atoms with E-state index in [1.807, 2.05) is 4.90 Å². The van der Waals surface area contributed by atoms with Gasteiger partial charge in [0.05, 0.1) is 11.8 Å². The summed E-state index contributed by atoms with van der Waals surface area (Å²) in [5, 5.41) is 12.8. The van der Waals surface area contributed by atoms with E-state index >= 15 is 0 Å². The van der Waals surface area contributed by atoms with Crippen LogP contribution < -0.4 is 10.6 Å². The molecule has 9 heteroatoms. The second-order valence-electron chi connectivity index (χ2n) is 4.52. The number of hydrogen-bond donors (Lipinski definition) is 2. The van der Waals surface area contributed by atoms with Gasteiger partial charge in [0, 0.05) is 26.2 Å². The zero-order valence-electron chi connectivity index (χ0n) is 11.8. The van der Waals surface area contributed by atoms with Gasteiger partial charge in [-0.3, -0.25) is 0 Å². The molecule has 0 saturated carbocycles. The summed E-state index contributed by atoms with van der Waals surface area (Å²) in [7, 11) is 1.44. The van der Waals surface area contributed by atoms with Crippen molar-refractivity contribution in [2.75, 3.05) is 43.9 Å². The van der Waals surface area contributed by atoms with E-state index in [4.69, 9.17) is 10.8 Å². The van der Waals surface area contributed by atoms with Crippen LogP contribution in [0.3, 0.4) is 0 Å². The van der Waals surface area contributed by atoms with Crippen LogP contribution in [0.2, 0.25) is 0 Å². The van der Waals surface area contributed by atoms with Gasteiger partial charge in [-0.05, 0) is 6.42 Å². The lowest BCUT2D eigenvalue weighted by Crippen LogP contribution is -2.34. The highest BCUT2D eigenvalue weighted by molar-refractivity contribution is 5.91. The molecule has 21 heavy (non-hydrogen) atoms. The molecule has 0 aromatic carbocycles. The maximum absolute atomic E-state index is 11.0. The van der Waals surface area contributed by atoms with Crippen LogP contribution in [-0.4, -0.2) is 65.6 Å². The van der Waals surface area contributed by atoms with Crippen molar-refractivity contribution in [3.63, 3.8) is 0 Å². The number of oxime groups is 1. The van der Waals surface area contributed by atoms with Gasteiger partial charge in [0.15, 0.2) is 0 Å². The Bertz CT molecular complexity index is 536. The Labute approximate surface area is 122 Å². The van der Waals surface area contributed by atoms with Crippen LogP contribution in [-0.2, 0) is 4.84 Å². The highest BCUT2D eigenvalue weighted by Gasteiger charge is 2.21. The first-order valence-electron chi connectivity index (χ1n) is 6.53. The third-order valence-electron chi connectivity index (χ3n) is 3.25. The fraction of sp³-hybridized carbons (Fsp3) is 0.500. The van der Waals surface area contributed by atoms with Gasteiger partial charge in [0.1, 0.15) is 25.1 Å². The molecule has 114 valence electrons. The Balaban J connectivity index is 2.23. The van der Waals surface area contributed by atoms with E-state index < -0.39 is 6.09 Å². The molecular weight excluding hydrogens is 276 g/mol. The lowest BCUT2D eigenvalue weighted by atomic mass is 10.2. The van der Waals surface area contributed by atoms with Crippen molar-refractivity contribution < 1.29 is 14.7 Å². The SMILES string of the molecule is CON=Cc1c(N)ncnc1N1CCCN(C(=O)O)CC1. The molecule has 1 aliphatic rings. The highest BCUT2D eigenvalue weighted by atomic mass is 16.6. The van der Waals surface area contributed by atoms with Crippen molar-refractivity contribution in [3.8, 4) is 0 Å². The molecule has 0 unspecified atom stereocenters. The zero-order chi connectivity index (χ0) is 15.2. The van der Waals surface area contributed by atoms with Crippen LogP contribution in [0.25, 0.3) is 0 Å². The van der Waals surface area contributed by atoms with Gasteiger partial charge >= 0.3 is 6.09 Å². The fourth-order valence-corrected chi connectivity index (χ4v) is 2.20. The summed E-state index contributed by atoms with van der Waals surface area (Å²) in [4.78, 5) is 27.3. The third-order valence-corrected chi connectivity index (χ3v) is 3.25. The number of amides is 1. The van der Waals surface area contributed by atoms with Gasteiger partial charge in [-0.2, -0.15) is 0 Å². The Kier molecular flexibility index (Phi) is 4.75. The highest BCUT2D eigenvalue weighted by Crippen LogP contribution is 2.21. The molecule has 0 bridgehead atoms. The third kappa shape index (κ3) is 3.50. The number of rotatable bonds is 3. The topological polar surface area (TPSA) is 117 Å². The van der Waals surface area contributed by atoms with E-state index in [-0.39, 0.29) is 0 Å². The van der Waals surface area contributed by atoms with Gasteiger partial charge in [-0.1, -0.05) is 5.16 Å². The van der Waals surface area contributed by atoms with Crippen LogP contribution >= 0.6 is 0 Å². The molecule has 1 fully saturated rings. The smallest absolute Gasteiger partial charge is 0.407 e. The number of nitrogens with zero attached hydrogens (tertiary/aromatic N) is 5. The zero-order valence-corrected chi connectivity index (χ0v) is 11.8. The summed E-state index contributed by atoms with van der Waals surface area (Å²) in [6.45, 7) is 2.15. The Hall–Kier alpha value is -2.58. The average molecular weight is 294 g/mol. The molecule has 0 spiro atoms. The van der Waals surface area contributed by atoms with Crippen LogP contribution in [0.1, 0.15) is 12.0 Å². The quantitative estimate of drug-likeness (QED) is 0.605. The predicted octanol–water partition coefficient (Wildman–Crippen LogP) is 0.229. The Morgan fingerprint density at radius 3 is 2.95 bits per heavy atom. The fourth-order valence-electron chi connectivity index (χ4n) is 2.20. The average Bonchev–Trinajstić information content (AvgIpc) is 2.71. The first kappa shape index (κ1) is 14.8. The molecule has 0 aliphatic carbocycles. The van der Waals surface area contributed by atoms with E-state index in [9.17, 15) is 4.79 Å². The van der Waals surface area contributed by atoms with E-state index in [2.05, 4.69) is 20.0 Å². The second-order valence-corrected chi connectivity index (χ2v) is 4.52. The lowest BCUT2D eigenvalue weighted by Gasteiger charge is -2.23. The lowest BCUT2D eigenvalue weighted by molar-refractivity contribution is 0.148. The minimum Gasteiger partial charge on any atom is -0.465 e. The molecule has 0 radical (unpaired) electrons.